The van der Waals surface area contributed by atoms with Crippen LogP contribution in [0.25, 0.3) is 5.57 Å². The maximum atomic E-state index is 13.8. The number of aliphatic hydroxyl groups excluding tert-OH is 1. The van der Waals surface area contributed by atoms with Gasteiger partial charge in [0, 0.05) is 30.3 Å². The first-order valence-electron chi connectivity index (χ1n) is 18.6. The zero-order chi connectivity index (χ0) is 37.8. The molecule has 4 heterocycles. The van der Waals surface area contributed by atoms with Crippen molar-refractivity contribution in [3.05, 3.63) is 71.4 Å². The van der Waals surface area contributed by atoms with Gasteiger partial charge in [-0.1, -0.05) is 12.1 Å². The molecule has 4 aliphatic heterocycles. The molecule has 1 saturated carbocycles. The molecule has 284 valence electrons. The molecule has 3 aromatic rings. The Kier molecular flexibility index (Phi) is 9.17. The fourth-order valence-electron chi connectivity index (χ4n) is 8.41. The molecule has 3 aromatic carbocycles. The van der Waals surface area contributed by atoms with Gasteiger partial charge >= 0.3 is 5.91 Å². The fourth-order valence-corrected chi connectivity index (χ4v) is 8.41. The van der Waals surface area contributed by atoms with E-state index in [4.69, 9.17) is 29.5 Å². The molecule has 0 bridgehead atoms. The minimum atomic E-state index is -1.06. The third-order valence-corrected chi connectivity index (χ3v) is 11.7. The van der Waals surface area contributed by atoms with E-state index < -0.39 is 11.8 Å². The van der Waals surface area contributed by atoms with E-state index in [0.717, 1.165) is 61.1 Å². The van der Waals surface area contributed by atoms with Gasteiger partial charge in [-0.05, 0) is 74.6 Å². The van der Waals surface area contributed by atoms with Crippen molar-refractivity contribution >= 4 is 34.5 Å². The molecule has 0 radical (unpaired) electrons. The first-order valence-corrected chi connectivity index (χ1v) is 18.6. The summed E-state index contributed by atoms with van der Waals surface area (Å²) in [6, 6.07) is 14.8. The summed E-state index contributed by atoms with van der Waals surface area (Å²) in [5.41, 5.74) is 4.42. The number of ether oxygens (including phenoxy) is 5. The molecule has 5 aliphatic rings. The molecule has 2 amide bonds. The third kappa shape index (κ3) is 6.18. The van der Waals surface area contributed by atoms with Crippen molar-refractivity contribution in [3.63, 3.8) is 0 Å². The molecule has 1 aliphatic carbocycles. The molecule has 54 heavy (non-hydrogen) atoms. The predicted molar refractivity (Wildman–Crippen MR) is 203 cm³/mol. The monoisotopic (exact) mass is 738 g/mol. The van der Waals surface area contributed by atoms with Crippen molar-refractivity contribution in [2.45, 2.75) is 63.6 Å². The Morgan fingerprint density at radius 1 is 0.889 bits per heavy atom. The van der Waals surface area contributed by atoms with E-state index in [-0.39, 0.29) is 17.2 Å². The molecule has 2 fully saturated rings. The molecule has 4 N–H and O–H groups in total. The van der Waals surface area contributed by atoms with Crippen LogP contribution in [0.15, 0.2) is 54.7 Å². The molecule has 8 rings (SSSR count). The largest absolute Gasteiger partial charge is 0.497 e. The number of anilines is 2. The molecular weight excluding hydrogens is 690 g/mol. The van der Waals surface area contributed by atoms with E-state index in [1.54, 1.807) is 49.0 Å². The minimum Gasteiger partial charge on any atom is -0.497 e. The molecule has 13 nitrogen and oxygen atoms in total. The normalized spacial score (nSPS) is 22.0. The second-order valence-corrected chi connectivity index (χ2v) is 15.2. The number of allylic oxidation sites excluding steroid dienone is 1. The Morgan fingerprint density at radius 2 is 1.56 bits per heavy atom. The summed E-state index contributed by atoms with van der Waals surface area (Å²) in [5.74, 6) is 8.96. The van der Waals surface area contributed by atoms with Gasteiger partial charge in [0.15, 0.2) is 41.1 Å². The summed E-state index contributed by atoms with van der Waals surface area (Å²) in [6.07, 6.45) is 6.68. The van der Waals surface area contributed by atoms with E-state index in [9.17, 15) is 14.7 Å². The summed E-state index contributed by atoms with van der Waals surface area (Å²) < 4.78 is 30.6. The first kappa shape index (κ1) is 35.7. The highest BCUT2D eigenvalue weighted by molar-refractivity contribution is 6.07. The topological polar surface area (TPSA) is 148 Å². The number of fused-ring (bicyclic) bond motifs is 3. The van der Waals surface area contributed by atoms with Crippen LogP contribution in [0.4, 0.5) is 11.4 Å². The van der Waals surface area contributed by atoms with Crippen molar-refractivity contribution in [1.82, 2.24) is 4.90 Å². The molecule has 0 aromatic heterocycles. The van der Waals surface area contributed by atoms with E-state index in [0.29, 0.717) is 78.2 Å². The Balaban J connectivity index is 0.864. The van der Waals surface area contributed by atoms with E-state index in [1.165, 1.54) is 5.01 Å². The van der Waals surface area contributed by atoms with Crippen LogP contribution in [-0.2, 0) is 0 Å². The fraction of sp³-hybridized carbons (Fsp3) is 0.439. The number of unbranched alkanes of at least 4 members (excludes halogenated alkanes) is 2. The number of carbonyl (C=O) groups is 2. The lowest BCUT2D eigenvalue weighted by atomic mass is 9.90. The van der Waals surface area contributed by atoms with Gasteiger partial charge in [-0.15, -0.1) is 4.58 Å². The number of benzene rings is 3. The highest BCUT2D eigenvalue weighted by atomic mass is 16.5. The number of aliphatic hydroxyl groups is 1. The number of nitrogens with one attached hydrogen (secondary N) is 1. The van der Waals surface area contributed by atoms with Gasteiger partial charge in [-0.2, -0.15) is 0 Å². The summed E-state index contributed by atoms with van der Waals surface area (Å²) >= 11 is 0. The first-order chi connectivity index (χ1) is 26.1. The van der Waals surface area contributed by atoms with Crippen molar-refractivity contribution in [2.75, 3.05) is 58.0 Å². The highest BCUT2D eigenvalue weighted by Gasteiger charge is 2.63. The van der Waals surface area contributed by atoms with Gasteiger partial charge in [0.1, 0.15) is 11.3 Å². The Morgan fingerprint density at radius 3 is 2.20 bits per heavy atom. The lowest BCUT2D eigenvalue weighted by Crippen LogP contribution is -2.59. The number of nitrogens with zero attached hydrogens (tertiary/aromatic N) is 3. The van der Waals surface area contributed by atoms with Crippen LogP contribution in [0.3, 0.4) is 0 Å². The van der Waals surface area contributed by atoms with Gasteiger partial charge < -0.3 is 39.0 Å². The van der Waals surface area contributed by atoms with Crippen LogP contribution in [0, 0.1) is 5.41 Å². The Hall–Kier alpha value is -5.27. The van der Waals surface area contributed by atoms with Crippen LogP contribution in [-0.4, -0.2) is 91.5 Å². The number of hydrogen-bond acceptors (Lipinski definition) is 11. The van der Waals surface area contributed by atoms with Gasteiger partial charge in [-0.3, -0.25) is 9.80 Å². The standard InChI is InChI=1S/C41H47N5O8/c1-40-23-41(12-13-41)24-45(40)38(48)30-18-34(52-4)36(20-32(30)46(42)39(40)49)54-15-7-5-6-14-53-35-19-31-29(17-33(35)51-3)37(47)44-22-26(16-27(44)21-43-31)25-8-10-28(50-2)11-9-25/h8-11,17-20,22,39,49H,5-7,12-16,21,23-24,42H2,1-4H3/p+1/t39-,40-/m0/s1. The molecule has 1 saturated heterocycles. The summed E-state index contributed by atoms with van der Waals surface area (Å²) in [6.45, 7) is 3.92. The molecule has 1 spiro atoms. The predicted octanol–water partition coefficient (Wildman–Crippen LogP) is 5.20. The maximum Gasteiger partial charge on any atom is 0.426 e. The van der Waals surface area contributed by atoms with Crippen LogP contribution in [0.5, 0.6) is 28.7 Å². The number of amides is 2. The average Bonchev–Trinajstić information content (AvgIpc) is 3.73. The van der Waals surface area contributed by atoms with Gasteiger partial charge in [-0.25, -0.2) is 10.6 Å². The number of rotatable bonds is 12. The van der Waals surface area contributed by atoms with Crippen molar-refractivity contribution in [1.29, 1.82) is 0 Å². The molecule has 2 atom stereocenters. The van der Waals surface area contributed by atoms with Crippen molar-refractivity contribution < 1.29 is 43.0 Å². The van der Waals surface area contributed by atoms with Crippen LogP contribution in [0.1, 0.15) is 78.1 Å². The summed E-state index contributed by atoms with van der Waals surface area (Å²) in [7, 11) is 4.76. The van der Waals surface area contributed by atoms with Crippen LogP contribution in [0.2, 0.25) is 0 Å². The summed E-state index contributed by atoms with van der Waals surface area (Å²) in [5, 5.41) is 16.1. The Bertz CT molecular complexity index is 2060. The number of hydrogen-bond donors (Lipinski definition) is 3. The average molecular weight is 739 g/mol. The Labute approximate surface area is 314 Å². The van der Waals surface area contributed by atoms with E-state index >= 15 is 0 Å². The van der Waals surface area contributed by atoms with E-state index in [1.807, 2.05) is 43.5 Å². The van der Waals surface area contributed by atoms with Crippen LogP contribution >= 0.6 is 0 Å². The minimum absolute atomic E-state index is 0.0887. The van der Waals surface area contributed by atoms with E-state index in [2.05, 4.69) is 5.32 Å². The van der Waals surface area contributed by atoms with Gasteiger partial charge in [0.25, 0.3) is 5.91 Å². The molecular formula is C41H48N5O8+. The summed E-state index contributed by atoms with van der Waals surface area (Å²) in [4.78, 5) is 29.4. The second-order valence-electron chi connectivity index (χ2n) is 15.2. The number of hydrazine groups is 1. The quantitative estimate of drug-likeness (QED) is 0.128. The van der Waals surface area contributed by atoms with Crippen molar-refractivity contribution in [2.24, 2.45) is 11.3 Å². The molecule has 0 unspecified atom stereocenters. The maximum absolute atomic E-state index is 13.8. The van der Waals surface area contributed by atoms with Crippen molar-refractivity contribution in [3.8, 4) is 28.7 Å². The third-order valence-electron chi connectivity index (χ3n) is 11.7. The molecule has 13 heteroatoms. The van der Waals surface area contributed by atoms with Gasteiger partial charge in [0.05, 0.1) is 70.0 Å². The smallest absolute Gasteiger partial charge is 0.426 e. The lowest BCUT2D eigenvalue weighted by Gasteiger charge is -2.39. The number of carbonyl (C=O) groups excluding carboxylic acids is 2. The number of methoxy groups -OCH3 is 3. The number of nitrogens with two attached hydrogens (primary N) is 1. The SMILES string of the molecule is COc1ccc(C2=C[N+]3=C(CNc4cc(OCCCCCOc5cc6c(cc5OC)C(=O)N5CC7(CC7)C[C@@]5(C)[C@H](O)N6N)c(OC)cc4C3=O)C2)cc1. The second kappa shape index (κ2) is 13.9. The van der Waals surface area contributed by atoms with Crippen LogP contribution < -0.4 is 39.9 Å². The highest BCUT2D eigenvalue weighted by Crippen LogP contribution is 2.60. The lowest BCUT2D eigenvalue weighted by molar-refractivity contribution is -0.348. The zero-order valence-corrected chi connectivity index (χ0v) is 31.3. The van der Waals surface area contributed by atoms with Gasteiger partial charge in [0.2, 0.25) is 0 Å². The zero-order valence-electron chi connectivity index (χ0n) is 31.3.